The van der Waals surface area contributed by atoms with Gasteiger partial charge < -0.3 is 15.2 Å². The first kappa shape index (κ1) is 14.1. The Morgan fingerprint density at radius 3 is 2.15 bits per heavy atom. The molecule has 0 aromatic carbocycles. The lowest BCUT2D eigenvalue weighted by Crippen LogP contribution is -2.07. The van der Waals surface area contributed by atoms with Crippen LogP contribution in [0.25, 0.3) is 11.1 Å². The molecule has 20 heavy (non-hydrogen) atoms. The van der Waals surface area contributed by atoms with Crippen LogP contribution in [0.1, 0.15) is 20.7 Å². The molecule has 0 unspecified atom stereocenters. The fourth-order valence-corrected chi connectivity index (χ4v) is 2.26. The Balaban J connectivity index is 2.86. The van der Waals surface area contributed by atoms with Crippen LogP contribution in [0.4, 0.5) is 5.69 Å². The number of carbonyl (C=O) groups excluding carboxylic acids is 2. The van der Waals surface area contributed by atoms with Crippen molar-refractivity contribution in [3.63, 3.8) is 0 Å². The molecule has 0 amide bonds. The van der Waals surface area contributed by atoms with Crippen molar-refractivity contribution in [3.05, 3.63) is 40.4 Å². The van der Waals surface area contributed by atoms with Gasteiger partial charge in [-0.05, 0) is 17.7 Å². The molecule has 2 N–H and O–H groups in total. The molecule has 0 fully saturated rings. The number of ether oxygens (including phenoxy) is 2. The second-order valence-corrected chi connectivity index (χ2v) is 4.47. The first-order valence-electron chi connectivity index (χ1n) is 5.68. The van der Waals surface area contributed by atoms with Gasteiger partial charge in [0.05, 0.1) is 31.0 Å². The SMILES string of the molecule is COC(=O)c1c2cccc(Cl)cc-2c(C(=O)OC)c1N. The van der Waals surface area contributed by atoms with Gasteiger partial charge in [0, 0.05) is 10.6 Å². The Labute approximate surface area is 120 Å². The Bertz CT molecular complexity index is 669. The monoisotopic (exact) mass is 293 g/mol. The molecule has 0 saturated carbocycles. The molecule has 0 saturated heterocycles. The summed E-state index contributed by atoms with van der Waals surface area (Å²) >= 11 is 5.99. The third kappa shape index (κ3) is 2.16. The zero-order chi connectivity index (χ0) is 14.9. The van der Waals surface area contributed by atoms with E-state index in [1.54, 1.807) is 24.3 Å². The van der Waals surface area contributed by atoms with E-state index in [4.69, 9.17) is 26.8 Å². The van der Waals surface area contributed by atoms with E-state index in [1.807, 2.05) is 0 Å². The molecular formula is C14H12ClNO4. The van der Waals surface area contributed by atoms with Crippen LogP contribution in [-0.2, 0) is 9.47 Å². The highest BCUT2D eigenvalue weighted by atomic mass is 35.5. The van der Waals surface area contributed by atoms with Crippen LogP contribution < -0.4 is 5.73 Å². The summed E-state index contributed by atoms with van der Waals surface area (Å²) in [4.78, 5) is 23.8. The summed E-state index contributed by atoms with van der Waals surface area (Å²) in [6.45, 7) is 0. The smallest absolute Gasteiger partial charge is 0.340 e. The highest BCUT2D eigenvalue weighted by Crippen LogP contribution is 2.40. The first-order chi connectivity index (χ1) is 9.51. The molecule has 0 heterocycles. The minimum atomic E-state index is -0.634. The summed E-state index contributed by atoms with van der Waals surface area (Å²) in [6.07, 6.45) is 0. The lowest BCUT2D eigenvalue weighted by Gasteiger charge is -2.00. The largest absolute Gasteiger partial charge is 0.465 e. The van der Waals surface area contributed by atoms with E-state index in [9.17, 15) is 9.59 Å². The number of esters is 2. The maximum atomic E-state index is 11.9. The van der Waals surface area contributed by atoms with Gasteiger partial charge in [-0.3, -0.25) is 0 Å². The average Bonchev–Trinajstić information content (AvgIpc) is 2.57. The van der Waals surface area contributed by atoms with Crippen LogP contribution in [-0.4, -0.2) is 26.2 Å². The number of nitrogen functional groups attached to an aromatic ring is 1. The number of halogens is 1. The lowest BCUT2D eigenvalue weighted by atomic mass is 10.1. The van der Waals surface area contributed by atoms with Crippen LogP contribution in [0.2, 0.25) is 5.02 Å². The summed E-state index contributed by atoms with van der Waals surface area (Å²) in [7, 11) is 2.48. The Kier molecular flexibility index (Phi) is 3.81. The lowest BCUT2D eigenvalue weighted by molar-refractivity contribution is 0.0600. The topological polar surface area (TPSA) is 78.6 Å². The second-order valence-electron chi connectivity index (χ2n) is 4.03. The third-order valence-electron chi connectivity index (χ3n) is 2.95. The van der Waals surface area contributed by atoms with E-state index >= 15 is 0 Å². The Hall–Kier alpha value is -2.27. The average molecular weight is 294 g/mol. The molecule has 0 aromatic heterocycles. The zero-order valence-corrected chi connectivity index (χ0v) is 11.7. The van der Waals surface area contributed by atoms with E-state index in [0.717, 1.165) is 0 Å². The minimum absolute atomic E-state index is 0.0287. The van der Waals surface area contributed by atoms with Gasteiger partial charge in [0.15, 0.2) is 0 Å². The van der Waals surface area contributed by atoms with Crippen LogP contribution in [0, 0.1) is 0 Å². The summed E-state index contributed by atoms with van der Waals surface area (Å²) < 4.78 is 9.42. The van der Waals surface area contributed by atoms with E-state index < -0.39 is 11.9 Å². The number of hydrogen-bond donors (Lipinski definition) is 1. The van der Waals surface area contributed by atoms with Crippen molar-refractivity contribution in [2.45, 2.75) is 0 Å². The first-order valence-corrected chi connectivity index (χ1v) is 6.06. The van der Waals surface area contributed by atoms with Gasteiger partial charge in [-0.15, -0.1) is 0 Å². The summed E-state index contributed by atoms with van der Waals surface area (Å²) in [5.74, 6) is -1.25. The number of fused-ring (bicyclic) bond motifs is 1. The number of nitrogens with two attached hydrogens (primary N) is 1. The van der Waals surface area contributed by atoms with Crippen molar-refractivity contribution in [1.82, 2.24) is 0 Å². The van der Waals surface area contributed by atoms with Gasteiger partial charge in [0.25, 0.3) is 0 Å². The molecule has 2 aliphatic carbocycles. The molecule has 0 aliphatic heterocycles. The fraction of sp³-hybridized carbons (Fsp3) is 0.143. The quantitative estimate of drug-likeness (QED) is 0.861. The maximum Gasteiger partial charge on any atom is 0.340 e. The molecule has 0 radical (unpaired) electrons. The fourth-order valence-electron chi connectivity index (χ4n) is 2.07. The summed E-state index contributed by atoms with van der Waals surface area (Å²) in [5, 5.41) is 0.409. The van der Waals surface area contributed by atoms with Crippen molar-refractivity contribution in [2.75, 3.05) is 20.0 Å². The number of rotatable bonds is 2. The maximum absolute atomic E-state index is 11.9. The van der Waals surface area contributed by atoms with E-state index in [0.29, 0.717) is 16.1 Å². The number of carbonyl (C=O) groups is 2. The molecule has 0 atom stereocenters. The highest BCUT2D eigenvalue weighted by molar-refractivity contribution is 6.31. The third-order valence-corrected chi connectivity index (χ3v) is 3.18. The Morgan fingerprint density at radius 2 is 1.60 bits per heavy atom. The molecule has 104 valence electrons. The molecule has 0 bridgehead atoms. The summed E-state index contributed by atoms with van der Waals surface area (Å²) in [6, 6.07) is 6.51. The van der Waals surface area contributed by atoms with Gasteiger partial charge in [0.1, 0.15) is 0 Å². The van der Waals surface area contributed by atoms with Gasteiger partial charge in [-0.1, -0.05) is 23.7 Å². The molecule has 2 aliphatic rings. The van der Waals surface area contributed by atoms with Crippen LogP contribution in [0.3, 0.4) is 0 Å². The normalized spacial score (nSPS) is 10.3. The van der Waals surface area contributed by atoms with Crippen LogP contribution >= 0.6 is 11.6 Å². The molecule has 5 nitrogen and oxygen atoms in total. The molecule has 2 rings (SSSR count). The van der Waals surface area contributed by atoms with E-state index in [-0.39, 0.29) is 16.8 Å². The number of anilines is 1. The van der Waals surface area contributed by atoms with Crippen LogP contribution in [0.5, 0.6) is 0 Å². The van der Waals surface area contributed by atoms with Gasteiger partial charge in [-0.2, -0.15) is 0 Å². The predicted molar refractivity (Wildman–Crippen MR) is 75.2 cm³/mol. The number of methoxy groups -OCH3 is 2. The van der Waals surface area contributed by atoms with E-state index in [1.165, 1.54) is 14.2 Å². The van der Waals surface area contributed by atoms with Gasteiger partial charge in [-0.25, -0.2) is 9.59 Å². The van der Waals surface area contributed by atoms with Crippen molar-refractivity contribution < 1.29 is 19.1 Å². The summed E-state index contributed by atoms with van der Waals surface area (Å²) in [5.41, 5.74) is 7.13. The Morgan fingerprint density at radius 1 is 1.05 bits per heavy atom. The van der Waals surface area contributed by atoms with Crippen molar-refractivity contribution >= 4 is 29.2 Å². The second kappa shape index (κ2) is 5.38. The minimum Gasteiger partial charge on any atom is -0.465 e. The number of hydrogen-bond acceptors (Lipinski definition) is 5. The molecular weight excluding hydrogens is 282 g/mol. The van der Waals surface area contributed by atoms with Crippen molar-refractivity contribution in [1.29, 1.82) is 0 Å². The van der Waals surface area contributed by atoms with E-state index in [2.05, 4.69) is 0 Å². The van der Waals surface area contributed by atoms with Gasteiger partial charge >= 0.3 is 11.9 Å². The highest BCUT2D eigenvalue weighted by Gasteiger charge is 2.30. The molecule has 6 heteroatoms. The molecule has 0 spiro atoms. The standard InChI is InChI=1S/C14H12ClNO4/c1-19-13(17)10-8-5-3-4-7(15)6-9(8)11(12(10)16)14(18)20-2/h3-6H,16H2,1-2H3. The predicted octanol–water partition coefficient (Wildman–Crippen LogP) is 2.60. The van der Waals surface area contributed by atoms with Crippen molar-refractivity contribution in [3.8, 4) is 11.1 Å². The van der Waals surface area contributed by atoms with Crippen molar-refractivity contribution in [2.24, 2.45) is 0 Å². The van der Waals surface area contributed by atoms with Gasteiger partial charge in [0.2, 0.25) is 0 Å². The zero-order valence-electron chi connectivity index (χ0n) is 10.9. The molecule has 0 aromatic rings. The van der Waals surface area contributed by atoms with Crippen LogP contribution in [0.15, 0.2) is 24.3 Å².